The van der Waals surface area contributed by atoms with Crippen LogP contribution in [0.1, 0.15) is 6.92 Å². The number of anilines is 1. The average molecular weight is 348 g/mol. The van der Waals surface area contributed by atoms with Crippen LogP contribution in [0.2, 0.25) is 0 Å². The number of nitrogens with one attached hydrogen (secondary N) is 1. The van der Waals surface area contributed by atoms with Gasteiger partial charge >= 0.3 is 0 Å². The number of hydrogen-bond donors (Lipinski definition) is 1. The summed E-state index contributed by atoms with van der Waals surface area (Å²) in [6.45, 7) is 3.11. The first-order chi connectivity index (χ1) is 12.6. The van der Waals surface area contributed by atoms with Gasteiger partial charge in [0.1, 0.15) is 12.4 Å². The maximum absolute atomic E-state index is 12.6. The van der Waals surface area contributed by atoms with Crippen molar-refractivity contribution in [1.82, 2.24) is 4.90 Å². The summed E-state index contributed by atoms with van der Waals surface area (Å²) < 4.78 is 5.71. The molecular weight excluding hydrogens is 324 g/mol. The average Bonchev–Trinajstić information content (AvgIpc) is 2.68. The van der Waals surface area contributed by atoms with E-state index in [0.717, 1.165) is 22.2 Å². The minimum Gasteiger partial charge on any atom is -0.492 e. The lowest BCUT2D eigenvalue weighted by Crippen LogP contribution is -2.41. The number of likely N-dealkylation sites (N-methyl/N-ethyl adjacent to an activating group) is 1. The molecule has 0 aromatic heterocycles. The van der Waals surface area contributed by atoms with Crippen LogP contribution in [0.4, 0.5) is 5.69 Å². The number of rotatable bonds is 7. The van der Waals surface area contributed by atoms with Crippen LogP contribution < -0.4 is 10.1 Å². The molecule has 0 fully saturated rings. The van der Waals surface area contributed by atoms with Crippen LogP contribution >= 0.6 is 0 Å². The van der Waals surface area contributed by atoms with Crippen LogP contribution in [0.25, 0.3) is 10.8 Å². The summed E-state index contributed by atoms with van der Waals surface area (Å²) >= 11 is 0. The topological polar surface area (TPSA) is 41.6 Å². The molecule has 0 aliphatic heterocycles. The molecule has 0 saturated carbocycles. The molecule has 0 aliphatic carbocycles. The van der Waals surface area contributed by atoms with E-state index in [0.29, 0.717) is 13.2 Å². The number of nitrogens with zero attached hydrogens (tertiary/aromatic N) is 1. The Hall–Kier alpha value is -2.85. The van der Waals surface area contributed by atoms with Crippen LogP contribution in [-0.2, 0) is 4.79 Å². The molecule has 4 nitrogen and oxygen atoms in total. The Labute approximate surface area is 154 Å². The highest BCUT2D eigenvalue weighted by atomic mass is 16.5. The highest BCUT2D eigenvalue weighted by molar-refractivity contribution is 6.03. The minimum atomic E-state index is -0.256. The van der Waals surface area contributed by atoms with Crippen LogP contribution in [0.15, 0.2) is 72.8 Å². The van der Waals surface area contributed by atoms with E-state index in [2.05, 4.69) is 5.32 Å². The Morgan fingerprint density at radius 1 is 1.00 bits per heavy atom. The molecule has 3 rings (SSSR count). The second-order valence-electron chi connectivity index (χ2n) is 6.33. The lowest BCUT2D eigenvalue weighted by molar-refractivity contribution is -0.120. The van der Waals surface area contributed by atoms with E-state index in [-0.39, 0.29) is 11.9 Å². The predicted octanol–water partition coefficient (Wildman–Crippen LogP) is 4.18. The lowest BCUT2D eigenvalue weighted by atomic mass is 10.1. The summed E-state index contributed by atoms with van der Waals surface area (Å²) in [5.41, 5.74) is 0.842. The molecule has 1 N–H and O–H groups in total. The fourth-order valence-corrected chi connectivity index (χ4v) is 2.79. The quantitative estimate of drug-likeness (QED) is 0.696. The van der Waals surface area contributed by atoms with Gasteiger partial charge in [0, 0.05) is 17.6 Å². The number of fused-ring (bicyclic) bond motifs is 1. The van der Waals surface area contributed by atoms with E-state index in [1.54, 1.807) is 0 Å². The predicted molar refractivity (Wildman–Crippen MR) is 107 cm³/mol. The summed E-state index contributed by atoms with van der Waals surface area (Å²) in [6.07, 6.45) is 0. The highest BCUT2D eigenvalue weighted by Crippen LogP contribution is 2.23. The van der Waals surface area contributed by atoms with Crippen molar-refractivity contribution in [2.45, 2.75) is 13.0 Å². The number of hydrogen-bond acceptors (Lipinski definition) is 3. The van der Waals surface area contributed by atoms with E-state index in [1.165, 1.54) is 0 Å². The van der Waals surface area contributed by atoms with Crippen LogP contribution in [0.3, 0.4) is 0 Å². The number of carbonyl (C=O) groups excluding carboxylic acids is 1. The zero-order valence-electron chi connectivity index (χ0n) is 15.2. The van der Waals surface area contributed by atoms with Gasteiger partial charge in [0.05, 0.1) is 6.04 Å². The summed E-state index contributed by atoms with van der Waals surface area (Å²) in [6, 6.07) is 23.4. The molecule has 0 bridgehead atoms. The molecule has 26 heavy (non-hydrogen) atoms. The molecule has 134 valence electrons. The van der Waals surface area contributed by atoms with Gasteiger partial charge in [0.2, 0.25) is 5.91 Å². The van der Waals surface area contributed by atoms with Crippen molar-refractivity contribution in [2.75, 3.05) is 25.5 Å². The van der Waals surface area contributed by atoms with Gasteiger partial charge in [-0.05, 0) is 37.6 Å². The third-order valence-electron chi connectivity index (χ3n) is 4.54. The maximum Gasteiger partial charge on any atom is 0.241 e. The van der Waals surface area contributed by atoms with Gasteiger partial charge in [0.15, 0.2) is 0 Å². The standard InChI is InChI=1S/C22H24N2O2/c1-17(24(2)15-16-26-19-11-4-3-5-12-19)22(25)23-21-14-8-10-18-9-6-7-13-20(18)21/h3-14,17H,15-16H2,1-2H3,(H,23,25)/t17-/m1/s1. The van der Waals surface area contributed by atoms with Gasteiger partial charge in [-0.3, -0.25) is 9.69 Å². The zero-order valence-corrected chi connectivity index (χ0v) is 15.2. The van der Waals surface area contributed by atoms with Crippen LogP contribution in [-0.4, -0.2) is 37.0 Å². The number of para-hydroxylation sites is 1. The van der Waals surface area contributed by atoms with Crippen molar-refractivity contribution >= 4 is 22.4 Å². The van der Waals surface area contributed by atoms with Gasteiger partial charge in [0.25, 0.3) is 0 Å². The molecule has 3 aromatic rings. The Balaban J connectivity index is 1.56. The monoisotopic (exact) mass is 348 g/mol. The molecule has 0 radical (unpaired) electrons. The molecule has 1 atom stereocenters. The minimum absolute atomic E-state index is 0.0245. The van der Waals surface area contributed by atoms with Crippen molar-refractivity contribution in [3.63, 3.8) is 0 Å². The summed E-state index contributed by atoms with van der Waals surface area (Å²) in [7, 11) is 1.93. The van der Waals surface area contributed by atoms with Gasteiger partial charge in [-0.2, -0.15) is 0 Å². The van der Waals surface area contributed by atoms with Gasteiger partial charge < -0.3 is 10.1 Å². The Morgan fingerprint density at radius 2 is 1.69 bits per heavy atom. The zero-order chi connectivity index (χ0) is 18.4. The van der Waals surface area contributed by atoms with E-state index < -0.39 is 0 Å². The van der Waals surface area contributed by atoms with E-state index in [1.807, 2.05) is 91.7 Å². The first-order valence-corrected chi connectivity index (χ1v) is 8.82. The smallest absolute Gasteiger partial charge is 0.241 e. The van der Waals surface area contributed by atoms with Gasteiger partial charge in [-0.15, -0.1) is 0 Å². The fraction of sp³-hybridized carbons (Fsp3) is 0.227. The molecule has 3 aromatic carbocycles. The van der Waals surface area contributed by atoms with Crippen molar-refractivity contribution in [1.29, 1.82) is 0 Å². The lowest BCUT2D eigenvalue weighted by Gasteiger charge is -2.24. The fourth-order valence-electron chi connectivity index (χ4n) is 2.79. The van der Waals surface area contributed by atoms with Gasteiger partial charge in [-0.25, -0.2) is 0 Å². The van der Waals surface area contributed by atoms with Crippen molar-refractivity contribution < 1.29 is 9.53 Å². The second-order valence-corrected chi connectivity index (χ2v) is 6.33. The van der Waals surface area contributed by atoms with Crippen molar-refractivity contribution in [3.05, 3.63) is 72.8 Å². The number of benzene rings is 3. The molecule has 0 aliphatic rings. The third kappa shape index (κ3) is 4.41. The van der Waals surface area contributed by atoms with E-state index >= 15 is 0 Å². The van der Waals surface area contributed by atoms with Crippen LogP contribution in [0, 0.1) is 0 Å². The van der Waals surface area contributed by atoms with Gasteiger partial charge in [-0.1, -0.05) is 54.6 Å². The molecular formula is C22H24N2O2. The van der Waals surface area contributed by atoms with Crippen LogP contribution in [0.5, 0.6) is 5.75 Å². The second kappa shape index (κ2) is 8.50. The van der Waals surface area contributed by atoms with E-state index in [4.69, 9.17) is 4.74 Å². The first kappa shape index (κ1) is 18.0. The molecule has 0 saturated heterocycles. The number of carbonyl (C=O) groups is 1. The highest BCUT2D eigenvalue weighted by Gasteiger charge is 2.18. The summed E-state index contributed by atoms with van der Waals surface area (Å²) in [5, 5.41) is 5.21. The molecule has 0 unspecified atom stereocenters. The molecule has 0 heterocycles. The maximum atomic E-state index is 12.6. The first-order valence-electron chi connectivity index (χ1n) is 8.82. The Morgan fingerprint density at radius 3 is 2.50 bits per heavy atom. The normalized spacial score (nSPS) is 12.1. The Kier molecular flexibility index (Phi) is 5.87. The SMILES string of the molecule is C[C@H](C(=O)Nc1cccc2ccccc12)N(C)CCOc1ccccc1. The number of amides is 1. The Bertz CT molecular complexity index is 859. The van der Waals surface area contributed by atoms with Crippen molar-refractivity contribution in [3.8, 4) is 5.75 Å². The molecule has 4 heteroatoms. The summed E-state index contributed by atoms with van der Waals surface area (Å²) in [4.78, 5) is 14.6. The molecule has 0 spiro atoms. The third-order valence-corrected chi connectivity index (χ3v) is 4.54. The van der Waals surface area contributed by atoms with Crippen molar-refractivity contribution in [2.24, 2.45) is 0 Å². The molecule has 1 amide bonds. The van der Waals surface area contributed by atoms with E-state index in [9.17, 15) is 4.79 Å². The number of ether oxygens (including phenoxy) is 1. The summed E-state index contributed by atoms with van der Waals surface area (Å²) in [5.74, 6) is 0.817. The largest absolute Gasteiger partial charge is 0.492 e.